The van der Waals surface area contributed by atoms with Crippen LogP contribution >= 0.6 is 0 Å². The fraction of sp³-hybridized carbons (Fsp3) is 0.824. The quantitative estimate of drug-likeness (QED) is 0.208. The Labute approximate surface area is 129 Å². The molecule has 124 valence electrons. The number of esters is 1. The van der Waals surface area contributed by atoms with E-state index >= 15 is 0 Å². The summed E-state index contributed by atoms with van der Waals surface area (Å²) in [6.45, 7) is 5.33. The number of unbranched alkanes of at least 4 members (excludes halogenated alkanes) is 5. The number of carbonyl (C=O) groups is 1. The molecule has 4 heteroatoms. The molecule has 0 aliphatic heterocycles. The maximum absolute atomic E-state index is 10.9. The third kappa shape index (κ3) is 13.9. The highest BCUT2D eigenvalue weighted by atomic mass is 16.7. The van der Waals surface area contributed by atoms with Crippen LogP contribution in [0.15, 0.2) is 12.2 Å². The van der Waals surface area contributed by atoms with Crippen molar-refractivity contribution in [1.29, 1.82) is 0 Å². The summed E-state index contributed by atoms with van der Waals surface area (Å²) in [4.78, 5) is 10.9. The van der Waals surface area contributed by atoms with Crippen LogP contribution in [0, 0.1) is 0 Å². The number of hydrogen-bond donors (Lipinski definition) is 0. The van der Waals surface area contributed by atoms with Gasteiger partial charge in [0.25, 0.3) is 0 Å². The predicted octanol–water partition coefficient (Wildman–Crippen LogP) is 4.24. The van der Waals surface area contributed by atoms with Gasteiger partial charge >= 0.3 is 5.97 Å². The van der Waals surface area contributed by atoms with Gasteiger partial charge in [-0.2, -0.15) is 0 Å². The van der Waals surface area contributed by atoms with Crippen molar-refractivity contribution in [2.24, 2.45) is 0 Å². The Hall–Kier alpha value is -0.870. The minimum absolute atomic E-state index is 0.101. The predicted molar refractivity (Wildman–Crippen MR) is 85.1 cm³/mol. The summed E-state index contributed by atoms with van der Waals surface area (Å²) in [5.74, 6) is -0.101. The summed E-state index contributed by atoms with van der Waals surface area (Å²) in [5.41, 5.74) is 0. The number of rotatable bonds is 14. The Bertz CT molecular complexity index is 258. The van der Waals surface area contributed by atoms with E-state index in [4.69, 9.17) is 9.47 Å². The van der Waals surface area contributed by atoms with Gasteiger partial charge in [-0.25, -0.2) is 0 Å². The number of methoxy groups -OCH3 is 1. The molecule has 0 N–H and O–H groups in total. The third-order valence-corrected chi connectivity index (χ3v) is 3.18. The number of allylic oxidation sites excluding steroid dienone is 1. The Morgan fingerprint density at radius 1 is 0.952 bits per heavy atom. The molecule has 0 spiro atoms. The second-order valence-electron chi connectivity index (χ2n) is 4.93. The van der Waals surface area contributed by atoms with Gasteiger partial charge in [-0.15, -0.1) is 0 Å². The summed E-state index contributed by atoms with van der Waals surface area (Å²) in [6.07, 6.45) is 12.4. The fourth-order valence-electron chi connectivity index (χ4n) is 2.05. The largest absolute Gasteiger partial charge is 0.469 e. The van der Waals surface area contributed by atoms with E-state index in [1.54, 1.807) is 0 Å². The van der Waals surface area contributed by atoms with E-state index in [9.17, 15) is 4.79 Å². The highest BCUT2D eigenvalue weighted by molar-refractivity contribution is 5.68. The zero-order valence-electron chi connectivity index (χ0n) is 13.9. The van der Waals surface area contributed by atoms with Crippen molar-refractivity contribution < 1.29 is 19.0 Å². The van der Waals surface area contributed by atoms with Crippen LogP contribution in [0.2, 0.25) is 0 Å². The van der Waals surface area contributed by atoms with Crippen LogP contribution < -0.4 is 0 Å². The van der Waals surface area contributed by atoms with Gasteiger partial charge in [0.05, 0.1) is 7.11 Å². The van der Waals surface area contributed by atoms with Gasteiger partial charge < -0.3 is 14.2 Å². The van der Waals surface area contributed by atoms with Crippen molar-refractivity contribution in [3.63, 3.8) is 0 Å². The summed E-state index contributed by atoms with van der Waals surface area (Å²) in [7, 11) is 1.44. The molecule has 0 saturated carbocycles. The van der Waals surface area contributed by atoms with Crippen molar-refractivity contribution in [3.8, 4) is 0 Å². The minimum Gasteiger partial charge on any atom is -0.469 e. The van der Waals surface area contributed by atoms with Gasteiger partial charge in [0.1, 0.15) is 0 Å². The zero-order chi connectivity index (χ0) is 15.8. The van der Waals surface area contributed by atoms with E-state index < -0.39 is 0 Å². The molecule has 0 heterocycles. The normalized spacial score (nSPS) is 11.4. The first-order valence-electron chi connectivity index (χ1n) is 8.19. The SMILES string of the molecule is CCOC(C/C=C/CCCCCCCC(=O)OC)OCC. The molecule has 0 fully saturated rings. The van der Waals surface area contributed by atoms with E-state index in [2.05, 4.69) is 16.9 Å². The molecule has 0 saturated heterocycles. The molecule has 0 radical (unpaired) electrons. The third-order valence-electron chi connectivity index (χ3n) is 3.18. The average Bonchev–Trinajstić information content (AvgIpc) is 2.49. The van der Waals surface area contributed by atoms with Gasteiger partial charge in [-0.05, 0) is 33.1 Å². The van der Waals surface area contributed by atoms with Crippen LogP contribution in [-0.2, 0) is 19.0 Å². The molecule has 21 heavy (non-hydrogen) atoms. The van der Waals surface area contributed by atoms with Gasteiger partial charge in [-0.1, -0.05) is 31.4 Å². The van der Waals surface area contributed by atoms with E-state index in [1.165, 1.54) is 26.4 Å². The lowest BCUT2D eigenvalue weighted by atomic mass is 10.1. The Morgan fingerprint density at radius 2 is 1.57 bits per heavy atom. The molecule has 0 aromatic rings. The van der Waals surface area contributed by atoms with Crippen LogP contribution in [0.3, 0.4) is 0 Å². The smallest absolute Gasteiger partial charge is 0.305 e. The molecule has 0 aliphatic rings. The van der Waals surface area contributed by atoms with E-state index in [0.29, 0.717) is 19.6 Å². The lowest BCUT2D eigenvalue weighted by Gasteiger charge is -2.14. The Morgan fingerprint density at radius 3 is 2.19 bits per heavy atom. The summed E-state index contributed by atoms with van der Waals surface area (Å²) in [6, 6.07) is 0. The van der Waals surface area contributed by atoms with Crippen molar-refractivity contribution >= 4 is 5.97 Å². The molecule has 0 atom stereocenters. The molecule has 0 rings (SSSR count). The monoisotopic (exact) mass is 300 g/mol. The first-order valence-corrected chi connectivity index (χ1v) is 8.19. The average molecular weight is 300 g/mol. The maximum atomic E-state index is 10.9. The lowest BCUT2D eigenvalue weighted by molar-refractivity contribution is -0.140. The molecule has 0 aromatic carbocycles. The number of ether oxygens (including phenoxy) is 3. The van der Waals surface area contributed by atoms with Crippen molar-refractivity contribution in [2.75, 3.05) is 20.3 Å². The summed E-state index contributed by atoms with van der Waals surface area (Å²) >= 11 is 0. The second kappa shape index (κ2) is 15.5. The second-order valence-corrected chi connectivity index (χ2v) is 4.93. The van der Waals surface area contributed by atoms with Gasteiger partial charge in [0.2, 0.25) is 0 Å². The molecule has 4 nitrogen and oxygen atoms in total. The van der Waals surface area contributed by atoms with Crippen LogP contribution in [-0.4, -0.2) is 32.6 Å². The Kier molecular flexibility index (Phi) is 14.9. The van der Waals surface area contributed by atoms with Crippen LogP contribution in [0.5, 0.6) is 0 Å². The lowest BCUT2D eigenvalue weighted by Crippen LogP contribution is -2.16. The first kappa shape index (κ1) is 20.1. The fourth-order valence-corrected chi connectivity index (χ4v) is 2.05. The van der Waals surface area contributed by atoms with Crippen molar-refractivity contribution in [1.82, 2.24) is 0 Å². The van der Waals surface area contributed by atoms with Gasteiger partial charge in [0.15, 0.2) is 6.29 Å². The Balaban J connectivity index is 3.40. The summed E-state index contributed by atoms with van der Waals surface area (Å²) < 4.78 is 15.6. The molecular formula is C17H32O4. The van der Waals surface area contributed by atoms with E-state index in [-0.39, 0.29) is 12.3 Å². The summed E-state index contributed by atoms with van der Waals surface area (Å²) in [5, 5.41) is 0. The molecule has 0 aromatic heterocycles. The number of hydrogen-bond acceptors (Lipinski definition) is 4. The highest BCUT2D eigenvalue weighted by Crippen LogP contribution is 2.09. The molecular weight excluding hydrogens is 268 g/mol. The standard InChI is InChI=1S/C17H32O4/c1-4-20-17(21-5-2)15-13-11-9-7-6-8-10-12-14-16(18)19-3/h11,13,17H,4-10,12,14-15H2,1-3H3/b13-11+. The molecule has 0 aliphatic carbocycles. The van der Waals surface area contributed by atoms with Gasteiger partial charge in [0, 0.05) is 26.1 Å². The topological polar surface area (TPSA) is 44.8 Å². The first-order chi connectivity index (χ1) is 10.2. The van der Waals surface area contributed by atoms with Crippen LogP contribution in [0.1, 0.15) is 65.2 Å². The highest BCUT2D eigenvalue weighted by Gasteiger charge is 2.04. The molecule has 0 unspecified atom stereocenters. The molecule has 0 amide bonds. The van der Waals surface area contributed by atoms with Gasteiger partial charge in [-0.3, -0.25) is 4.79 Å². The molecule has 0 bridgehead atoms. The van der Waals surface area contributed by atoms with Crippen LogP contribution in [0.4, 0.5) is 0 Å². The zero-order valence-corrected chi connectivity index (χ0v) is 13.9. The maximum Gasteiger partial charge on any atom is 0.305 e. The van der Waals surface area contributed by atoms with Crippen molar-refractivity contribution in [3.05, 3.63) is 12.2 Å². The van der Waals surface area contributed by atoms with Crippen LogP contribution in [0.25, 0.3) is 0 Å². The van der Waals surface area contributed by atoms with E-state index in [0.717, 1.165) is 25.7 Å². The van der Waals surface area contributed by atoms with E-state index in [1.807, 2.05) is 13.8 Å². The minimum atomic E-state index is -0.102. The van der Waals surface area contributed by atoms with Crippen molar-refractivity contribution in [2.45, 2.75) is 71.5 Å². The number of carbonyl (C=O) groups excluding carboxylic acids is 1.